The Labute approximate surface area is 122 Å². The zero-order chi connectivity index (χ0) is 13.7. The topological polar surface area (TPSA) is 18.5 Å². The Morgan fingerprint density at radius 1 is 0.895 bits per heavy atom. The number of ether oxygens (including phenoxy) is 2. The highest BCUT2D eigenvalue weighted by Crippen LogP contribution is 2.20. The minimum atomic E-state index is 0.537. The molecule has 0 bridgehead atoms. The number of hydrogen-bond donors (Lipinski definition) is 0. The molecule has 0 atom stereocenters. The van der Waals surface area contributed by atoms with Crippen molar-refractivity contribution in [2.75, 3.05) is 13.2 Å². The van der Waals surface area contributed by atoms with Crippen LogP contribution in [0.3, 0.4) is 0 Å². The first-order chi connectivity index (χ1) is 9.16. The molecule has 0 N–H and O–H groups in total. The number of halogens is 1. The molecule has 2 aromatic rings. The molecule has 100 valence electrons. The van der Waals surface area contributed by atoms with Crippen molar-refractivity contribution < 1.29 is 9.47 Å². The smallest absolute Gasteiger partial charge is 0.122 e. The molecule has 0 radical (unpaired) electrons. The summed E-state index contributed by atoms with van der Waals surface area (Å²) in [6.45, 7) is 5.23. The SMILES string of the molecule is Cc1cccc(OCCOc2ccc(Br)cc2)c1C. The molecule has 0 amide bonds. The van der Waals surface area contributed by atoms with Crippen LogP contribution in [0.4, 0.5) is 0 Å². The molecule has 0 spiro atoms. The van der Waals surface area contributed by atoms with Gasteiger partial charge in [-0.05, 0) is 55.3 Å². The molecule has 2 aromatic carbocycles. The standard InChI is InChI=1S/C16H17BrO2/c1-12-4-3-5-16(13(12)2)19-11-10-18-15-8-6-14(17)7-9-15/h3-9H,10-11H2,1-2H3. The quantitative estimate of drug-likeness (QED) is 0.754. The lowest BCUT2D eigenvalue weighted by atomic mass is 10.1. The van der Waals surface area contributed by atoms with E-state index in [0.717, 1.165) is 16.0 Å². The van der Waals surface area contributed by atoms with Crippen molar-refractivity contribution >= 4 is 15.9 Å². The first-order valence-electron chi connectivity index (χ1n) is 6.24. The maximum Gasteiger partial charge on any atom is 0.122 e. The van der Waals surface area contributed by atoms with Crippen LogP contribution in [-0.4, -0.2) is 13.2 Å². The Morgan fingerprint density at radius 3 is 2.32 bits per heavy atom. The van der Waals surface area contributed by atoms with Crippen LogP contribution < -0.4 is 9.47 Å². The molecule has 0 fully saturated rings. The van der Waals surface area contributed by atoms with Crippen molar-refractivity contribution in [2.45, 2.75) is 13.8 Å². The molecule has 2 rings (SSSR count). The lowest BCUT2D eigenvalue weighted by Gasteiger charge is -2.11. The molecule has 3 heteroatoms. The van der Waals surface area contributed by atoms with E-state index in [1.807, 2.05) is 36.4 Å². The van der Waals surface area contributed by atoms with Gasteiger partial charge in [-0.2, -0.15) is 0 Å². The maximum atomic E-state index is 5.73. The molecule has 0 aromatic heterocycles. The molecular weight excluding hydrogens is 304 g/mol. The summed E-state index contributed by atoms with van der Waals surface area (Å²) in [5, 5.41) is 0. The highest BCUT2D eigenvalue weighted by atomic mass is 79.9. The molecule has 0 saturated carbocycles. The molecule has 0 unspecified atom stereocenters. The van der Waals surface area contributed by atoms with Gasteiger partial charge in [0.15, 0.2) is 0 Å². The van der Waals surface area contributed by atoms with E-state index in [0.29, 0.717) is 13.2 Å². The van der Waals surface area contributed by atoms with E-state index in [1.165, 1.54) is 11.1 Å². The fourth-order valence-corrected chi connectivity index (χ4v) is 1.99. The third kappa shape index (κ3) is 4.00. The van der Waals surface area contributed by atoms with Gasteiger partial charge < -0.3 is 9.47 Å². The lowest BCUT2D eigenvalue weighted by Crippen LogP contribution is -2.09. The van der Waals surface area contributed by atoms with Crippen molar-refractivity contribution in [1.29, 1.82) is 0 Å². The Kier molecular flexibility index (Phi) is 4.86. The van der Waals surface area contributed by atoms with Gasteiger partial charge in [-0.25, -0.2) is 0 Å². The molecule has 0 aliphatic rings. The summed E-state index contributed by atoms with van der Waals surface area (Å²) >= 11 is 3.39. The third-order valence-electron chi connectivity index (χ3n) is 2.98. The summed E-state index contributed by atoms with van der Waals surface area (Å²) in [7, 11) is 0. The van der Waals surface area contributed by atoms with Crippen LogP contribution in [0.15, 0.2) is 46.9 Å². The van der Waals surface area contributed by atoms with Crippen LogP contribution in [0.2, 0.25) is 0 Å². The monoisotopic (exact) mass is 320 g/mol. The van der Waals surface area contributed by atoms with Crippen molar-refractivity contribution in [3.05, 3.63) is 58.1 Å². The second-order valence-electron chi connectivity index (χ2n) is 4.35. The minimum Gasteiger partial charge on any atom is -0.490 e. The van der Waals surface area contributed by atoms with Gasteiger partial charge in [-0.15, -0.1) is 0 Å². The van der Waals surface area contributed by atoms with Gasteiger partial charge >= 0.3 is 0 Å². The van der Waals surface area contributed by atoms with Crippen LogP contribution >= 0.6 is 15.9 Å². The Hall–Kier alpha value is -1.48. The van der Waals surface area contributed by atoms with E-state index >= 15 is 0 Å². The second kappa shape index (κ2) is 6.62. The Balaban J connectivity index is 1.81. The molecule has 0 saturated heterocycles. The molecular formula is C16H17BrO2. The normalized spacial score (nSPS) is 10.3. The van der Waals surface area contributed by atoms with Crippen LogP contribution in [0, 0.1) is 13.8 Å². The summed E-state index contributed by atoms with van der Waals surface area (Å²) in [4.78, 5) is 0. The van der Waals surface area contributed by atoms with Gasteiger partial charge in [0.1, 0.15) is 24.7 Å². The van der Waals surface area contributed by atoms with E-state index in [1.54, 1.807) is 0 Å². The van der Waals surface area contributed by atoms with Gasteiger partial charge in [-0.3, -0.25) is 0 Å². The minimum absolute atomic E-state index is 0.537. The van der Waals surface area contributed by atoms with Gasteiger partial charge in [0.05, 0.1) is 0 Å². The molecule has 19 heavy (non-hydrogen) atoms. The molecule has 0 aliphatic carbocycles. The number of rotatable bonds is 5. The summed E-state index contributed by atoms with van der Waals surface area (Å²) in [5.74, 6) is 1.78. The predicted octanol–water partition coefficient (Wildman–Crippen LogP) is 4.52. The fourth-order valence-electron chi connectivity index (χ4n) is 1.72. The van der Waals surface area contributed by atoms with Crippen LogP contribution in [0.5, 0.6) is 11.5 Å². The second-order valence-corrected chi connectivity index (χ2v) is 5.26. The van der Waals surface area contributed by atoms with Gasteiger partial charge in [-0.1, -0.05) is 28.1 Å². The van der Waals surface area contributed by atoms with Gasteiger partial charge in [0.2, 0.25) is 0 Å². The van der Waals surface area contributed by atoms with E-state index in [-0.39, 0.29) is 0 Å². The predicted molar refractivity (Wildman–Crippen MR) is 81.0 cm³/mol. The van der Waals surface area contributed by atoms with Gasteiger partial charge in [0.25, 0.3) is 0 Å². The summed E-state index contributed by atoms with van der Waals surface area (Å²) in [5.41, 5.74) is 2.43. The summed E-state index contributed by atoms with van der Waals surface area (Å²) in [6, 6.07) is 13.9. The average Bonchev–Trinajstić information content (AvgIpc) is 2.41. The molecule has 0 aliphatic heterocycles. The van der Waals surface area contributed by atoms with E-state index in [2.05, 4.69) is 35.8 Å². The number of hydrogen-bond acceptors (Lipinski definition) is 2. The van der Waals surface area contributed by atoms with Crippen molar-refractivity contribution in [3.63, 3.8) is 0 Å². The van der Waals surface area contributed by atoms with Gasteiger partial charge in [0, 0.05) is 4.47 Å². The van der Waals surface area contributed by atoms with E-state index in [9.17, 15) is 0 Å². The van der Waals surface area contributed by atoms with Crippen LogP contribution in [-0.2, 0) is 0 Å². The largest absolute Gasteiger partial charge is 0.490 e. The Bertz CT molecular complexity index is 535. The zero-order valence-corrected chi connectivity index (χ0v) is 12.7. The van der Waals surface area contributed by atoms with Crippen molar-refractivity contribution in [2.24, 2.45) is 0 Å². The van der Waals surface area contributed by atoms with Crippen LogP contribution in [0.1, 0.15) is 11.1 Å². The van der Waals surface area contributed by atoms with Crippen molar-refractivity contribution in [3.8, 4) is 11.5 Å². The Morgan fingerprint density at radius 2 is 1.58 bits per heavy atom. The van der Waals surface area contributed by atoms with Crippen LogP contribution in [0.25, 0.3) is 0 Å². The van der Waals surface area contributed by atoms with Crippen molar-refractivity contribution in [1.82, 2.24) is 0 Å². The maximum absolute atomic E-state index is 5.73. The number of aryl methyl sites for hydroxylation is 1. The third-order valence-corrected chi connectivity index (χ3v) is 3.51. The van der Waals surface area contributed by atoms with E-state index < -0.39 is 0 Å². The first-order valence-corrected chi connectivity index (χ1v) is 7.03. The fraction of sp³-hybridized carbons (Fsp3) is 0.250. The highest BCUT2D eigenvalue weighted by molar-refractivity contribution is 9.10. The zero-order valence-electron chi connectivity index (χ0n) is 11.2. The average molecular weight is 321 g/mol. The molecule has 0 heterocycles. The van der Waals surface area contributed by atoms with E-state index in [4.69, 9.17) is 9.47 Å². The molecule has 2 nitrogen and oxygen atoms in total. The summed E-state index contributed by atoms with van der Waals surface area (Å²) in [6.07, 6.45) is 0. The first kappa shape index (κ1) is 13.9. The summed E-state index contributed by atoms with van der Waals surface area (Å²) < 4.78 is 12.4. The number of benzene rings is 2. The highest BCUT2D eigenvalue weighted by Gasteiger charge is 2.01. The lowest BCUT2D eigenvalue weighted by molar-refractivity contribution is 0.216.